The zero-order valence-electron chi connectivity index (χ0n) is 22.6. The molecule has 1 spiro atoms. The Kier molecular flexibility index (Phi) is 6.92. The van der Waals surface area contributed by atoms with E-state index >= 15 is 0 Å². The highest BCUT2D eigenvalue weighted by Gasteiger charge is 2.42. The molecule has 1 N–H and O–H groups in total. The quantitative estimate of drug-likeness (QED) is 0.401. The fraction of sp³-hybridized carbons (Fsp3) is 0.452. The number of aromatic nitrogens is 1. The summed E-state index contributed by atoms with van der Waals surface area (Å²) in [5.74, 6) is -0.0630. The van der Waals surface area contributed by atoms with Crippen LogP contribution in [0.25, 0.3) is 0 Å². The van der Waals surface area contributed by atoms with Gasteiger partial charge in [-0.3, -0.25) is 14.6 Å². The Bertz CT molecular complexity index is 1370. The summed E-state index contributed by atoms with van der Waals surface area (Å²) in [6, 6.07) is 11.8. The molecule has 1 atom stereocenters. The Morgan fingerprint density at radius 3 is 2.36 bits per heavy atom. The molecule has 2 aromatic heterocycles. The van der Waals surface area contributed by atoms with E-state index in [4.69, 9.17) is 11.6 Å². The molecule has 2 fully saturated rings. The Balaban J connectivity index is 1.12. The number of fused-ring (bicyclic) bond motifs is 1. The average molecular weight is 563 g/mol. The van der Waals surface area contributed by atoms with Crippen molar-refractivity contribution in [2.45, 2.75) is 52.0 Å². The maximum atomic E-state index is 13.6. The standard InChI is InChI=1S/C31H35ClN4O2S/c1-30(2)20-22-4-3-21(19-24(22)27(30)34-28(37)26-25(32)7-18-39-26)29(38)36-16-10-31(11-17-36)8-14-35(15-9-31)23-5-12-33-13-6-23/h3-7,12-13,18-19,27H,8-11,14-17,20H2,1-2H3,(H,34,37). The molecule has 0 radical (unpaired) electrons. The number of hydrogen-bond acceptors (Lipinski definition) is 5. The minimum absolute atomic E-state index is 0.0953. The largest absolute Gasteiger partial charge is 0.371 e. The van der Waals surface area contributed by atoms with Crippen molar-refractivity contribution in [1.82, 2.24) is 15.2 Å². The maximum absolute atomic E-state index is 13.6. The van der Waals surface area contributed by atoms with Gasteiger partial charge in [-0.25, -0.2) is 0 Å². The number of likely N-dealkylation sites (tertiary alicyclic amines) is 1. The van der Waals surface area contributed by atoms with Gasteiger partial charge in [0.25, 0.3) is 11.8 Å². The Hall–Kier alpha value is -2.90. The van der Waals surface area contributed by atoms with Gasteiger partial charge in [0, 0.05) is 49.8 Å². The molecule has 39 heavy (non-hydrogen) atoms. The van der Waals surface area contributed by atoms with Crippen LogP contribution < -0.4 is 10.2 Å². The molecule has 4 heterocycles. The van der Waals surface area contributed by atoms with Crippen molar-refractivity contribution in [1.29, 1.82) is 0 Å². The minimum Gasteiger partial charge on any atom is -0.371 e. The second-order valence-corrected chi connectivity index (χ2v) is 13.4. The molecule has 0 bridgehead atoms. The molecule has 2 saturated heterocycles. The molecule has 3 aliphatic rings. The second-order valence-electron chi connectivity index (χ2n) is 12.1. The van der Waals surface area contributed by atoms with E-state index in [1.807, 2.05) is 34.8 Å². The van der Waals surface area contributed by atoms with Gasteiger partial charge in [-0.1, -0.05) is 31.5 Å². The molecular formula is C31H35ClN4O2S. The van der Waals surface area contributed by atoms with Gasteiger partial charge in [0.15, 0.2) is 0 Å². The van der Waals surface area contributed by atoms with Crippen molar-refractivity contribution in [3.05, 3.63) is 80.8 Å². The van der Waals surface area contributed by atoms with Crippen LogP contribution in [-0.2, 0) is 6.42 Å². The summed E-state index contributed by atoms with van der Waals surface area (Å²) >= 11 is 7.58. The molecule has 1 aromatic carbocycles. The molecule has 8 heteroatoms. The number of nitrogens with zero attached hydrogens (tertiary/aromatic N) is 3. The topological polar surface area (TPSA) is 65.5 Å². The van der Waals surface area contributed by atoms with Crippen LogP contribution in [0.2, 0.25) is 5.02 Å². The first-order valence-corrected chi connectivity index (χ1v) is 15.1. The fourth-order valence-electron chi connectivity index (χ4n) is 6.76. The van der Waals surface area contributed by atoms with Crippen LogP contribution in [0.5, 0.6) is 0 Å². The van der Waals surface area contributed by atoms with Crippen molar-refractivity contribution in [2.24, 2.45) is 10.8 Å². The number of rotatable bonds is 4. The maximum Gasteiger partial charge on any atom is 0.263 e. The summed E-state index contributed by atoms with van der Waals surface area (Å²) in [7, 11) is 0. The number of thiophene rings is 1. The van der Waals surface area contributed by atoms with E-state index in [2.05, 4.69) is 47.2 Å². The van der Waals surface area contributed by atoms with E-state index in [0.717, 1.165) is 51.0 Å². The molecule has 2 aliphatic heterocycles. The molecule has 6 rings (SSSR count). The summed E-state index contributed by atoms with van der Waals surface area (Å²) in [6.45, 7) is 8.05. The van der Waals surface area contributed by atoms with Crippen LogP contribution in [-0.4, -0.2) is 47.9 Å². The number of benzene rings is 1. The van der Waals surface area contributed by atoms with Crippen molar-refractivity contribution < 1.29 is 9.59 Å². The van der Waals surface area contributed by atoms with Gasteiger partial charge in [-0.2, -0.15) is 0 Å². The normalized spacial score (nSPS) is 21.6. The van der Waals surface area contributed by atoms with Crippen LogP contribution in [0.4, 0.5) is 5.69 Å². The fourth-order valence-corrected chi connectivity index (χ4v) is 7.80. The molecule has 1 aliphatic carbocycles. The third-order valence-electron chi connectivity index (χ3n) is 9.19. The highest BCUT2D eigenvalue weighted by Crippen LogP contribution is 2.46. The van der Waals surface area contributed by atoms with E-state index < -0.39 is 0 Å². The van der Waals surface area contributed by atoms with Gasteiger partial charge in [0.1, 0.15) is 4.88 Å². The summed E-state index contributed by atoms with van der Waals surface area (Å²) in [4.78, 5) is 35.8. The molecule has 6 nitrogen and oxygen atoms in total. The Labute approximate surface area is 239 Å². The smallest absolute Gasteiger partial charge is 0.263 e. The minimum atomic E-state index is -0.180. The van der Waals surface area contributed by atoms with E-state index in [9.17, 15) is 9.59 Å². The van der Waals surface area contributed by atoms with E-state index in [1.165, 1.54) is 35.4 Å². The number of pyridine rings is 1. The molecule has 204 valence electrons. The number of carbonyl (C=O) groups is 2. The number of carbonyl (C=O) groups excluding carboxylic acids is 2. The van der Waals surface area contributed by atoms with Gasteiger partial charge in [-0.15, -0.1) is 11.3 Å². The van der Waals surface area contributed by atoms with Crippen molar-refractivity contribution in [3.8, 4) is 0 Å². The number of hydrogen-bond donors (Lipinski definition) is 1. The predicted molar refractivity (Wildman–Crippen MR) is 157 cm³/mol. The molecular weight excluding hydrogens is 528 g/mol. The number of nitrogens with one attached hydrogen (secondary N) is 1. The van der Waals surface area contributed by atoms with Gasteiger partial charge < -0.3 is 15.1 Å². The number of piperidine rings is 2. The first-order valence-electron chi connectivity index (χ1n) is 13.9. The highest BCUT2D eigenvalue weighted by atomic mass is 35.5. The summed E-state index contributed by atoms with van der Waals surface area (Å²) < 4.78 is 0. The second kappa shape index (κ2) is 10.3. The van der Waals surface area contributed by atoms with Crippen molar-refractivity contribution in [2.75, 3.05) is 31.1 Å². The third-order valence-corrected chi connectivity index (χ3v) is 10.5. The van der Waals surface area contributed by atoms with E-state index in [-0.39, 0.29) is 23.3 Å². The first kappa shape index (κ1) is 26.3. The van der Waals surface area contributed by atoms with Gasteiger partial charge in [0.05, 0.1) is 11.1 Å². The highest BCUT2D eigenvalue weighted by molar-refractivity contribution is 7.12. The molecule has 0 saturated carbocycles. The summed E-state index contributed by atoms with van der Waals surface area (Å²) in [6.07, 6.45) is 9.02. The van der Waals surface area contributed by atoms with Crippen LogP contribution in [0.1, 0.15) is 76.7 Å². The lowest BCUT2D eigenvalue weighted by atomic mass is 9.71. The number of anilines is 1. The monoisotopic (exact) mass is 562 g/mol. The zero-order valence-corrected chi connectivity index (χ0v) is 24.2. The van der Waals surface area contributed by atoms with Crippen molar-refractivity contribution >= 4 is 40.4 Å². The summed E-state index contributed by atoms with van der Waals surface area (Å²) in [5, 5.41) is 5.53. The number of amides is 2. The van der Waals surface area contributed by atoms with Crippen LogP contribution in [0, 0.1) is 10.8 Å². The number of halogens is 1. The SMILES string of the molecule is CC1(C)Cc2ccc(C(=O)N3CCC4(CC3)CCN(c3ccncc3)CC4)cc2C1NC(=O)c1sccc1Cl. The molecule has 1 unspecified atom stereocenters. The van der Waals surface area contributed by atoms with Gasteiger partial charge >= 0.3 is 0 Å². The lowest BCUT2D eigenvalue weighted by Gasteiger charge is -2.47. The van der Waals surface area contributed by atoms with E-state index in [1.54, 1.807) is 6.07 Å². The first-order chi connectivity index (χ1) is 18.7. The Morgan fingerprint density at radius 2 is 1.69 bits per heavy atom. The predicted octanol–water partition coefficient (Wildman–Crippen LogP) is 6.37. The van der Waals surface area contributed by atoms with Gasteiger partial charge in [-0.05, 0) is 89.8 Å². The van der Waals surface area contributed by atoms with Crippen LogP contribution in [0.3, 0.4) is 0 Å². The lowest BCUT2D eigenvalue weighted by molar-refractivity contribution is 0.0515. The van der Waals surface area contributed by atoms with Crippen LogP contribution >= 0.6 is 22.9 Å². The Morgan fingerprint density at radius 1 is 1.00 bits per heavy atom. The average Bonchev–Trinajstić information content (AvgIpc) is 3.48. The van der Waals surface area contributed by atoms with Gasteiger partial charge in [0.2, 0.25) is 0 Å². The zero-order chi connectivity index (χ0) is 27.2. The van der Waals surface area contributed by atoms with Crippen LogP contribution in [0.15, 0.2) is 54.2 Å². The molecule has 3 aromatic rings. The lowest BCUT2D eigenvalue weighted by Crippen LogP contribution is -2.48. The summed E-state index contributed by atoms with van der Waals surface area (Å²) in [5.41, 5.74) is 4.37. The molecule has 2 amide bonds. The van der Waals surface area contributed by atoms with E-state index in [0.29, 0.717) is 20.9 Å². The third kappa shape index (κ3) is 5.07. The van der Waals surface area contributed by atoms with Crippen molar-refractivity contribution in [3.63, 3.8) is 0 Å².